The van der Waals surface area contributed by atoms with E-state index in [0.29, 0.717) is 6.54 Å². The van der Waals surface area contributed by atoms with Crippen molar-refractivity contribution in [3.63, 3.8) is 0 Å². The highest BCUT2D eigenvalue weighted by molar-refractivity contribution is 7.90. The molecule has 3 rings (SSSR count). The van der Waals surface area contributed by atoms with Crippen LogP contribution in [0.15, 0.2) is 34.1 Å². The molecule has 0 aliphatic heterocycles. The molecule has 1 aromatic rings. The Kier molecular flexibility index (Phi) is 5.50. The van der Waals surface area contributed by atoms with Gasteiger partial charge in [-0.2, -0.15) is 0 Å². The summed E-state index contributed by atoms with van der Waals surface area (Å²) < 4.78 is 54.8. The van der Waals surface area contributed by atoms with Gasteiger partial charge in [0.25, 0.3) is 0 Å². The monoisotopic (exact) mass is 387 g/mol. The van der Waals surface area contributed by atoms with E-state index in [1.165, 1.54) is 24.3 Å². The summed E-state index contributed by atoms with van der Waals surface area (Å²) in [5, 5.41) is 0. The Morgan fingerprint density at radius 3 is 1.88 bits per heavy atom. The fraction of sp³-hybridized carbons (Fsp3) is 0.625. The van der Waals surface area contributed by atoms with Gasteiger partial charge in [-0.05, 0) is 62.4 Å². The second kappa shape index (κ2) is 7.32. The summed E-state index contributed by atoms with van der Waals surface area (Å²) in [4.78, 5) is 0.148. The fourth-order valence-electron chi connectivity index (χ4n) is 3.20. The molecular weight excluding hydrogens is 362 g/mol. The predicted octanol–water partition coefficient (Wildman–Crippen LogP) is 0.923. The molecule has 25 heavy (non-hydrogen) atoms. The zero-order valence-electron chi connectivity index (χ0n) is 14.0. The molecule has 2 unspecified atom stereocenters. The summed E-state index contributed by atoms with van der Waals surface area (Å²) in [5.41, 5.74) is 5.76. The van der Waals surface area contributed by atoms with Gasteiger partial charge in [-0.15, -0.1) is 0 Å². The third-order valence-corrected chi connectivity index (χ3v) is 7.90. The van der Waals surface area contributed by atoms with E-state index in [2.05, 4.69) is 9.44 Å². The van der Waals surface area contributed by atoms with Crippen molar-refractivity contribution in [3.05, 3.63) is 24.3 Å². The molecule has 0 spiro atoms. The highest BCUT2D eigenvalue weighted by Crippen LogP contribution is 2.26. The van der Waals surface area contributed by atoms with Crippen molar-refractivity contribution in [1.82, 2.24) is 9.44 Å². The Balaban J connectivity index is 1.73. The SMILES string of the molecule is NCC1CCCCC1NS(=O)(=O)c1ccc(S(=O)(=O)NC2CC2)cc1. The van der Waals surface area contributed by atoms with E-state index in [1.807, 2.05) is 0 Å². The summed E-state index contributed by atoms with van der Waals surface area (Å²) in [6, 6.07) is 5.19. The molecule has 2 fully saturated rings. The van der Waals surface area contributed by atoms with Crippen molar-refractivity contribution < 1.29 is 16.8 Å². The summed E-state index contributed by atoms with van der Waals surface area (Å²) >= 11 is 0. The molecule has 0 bridgehead atoms. The quantitative estimate of drug-likeness (QED) is 0.643. The number of rotatable bonds is 7. The lowest BCUT2D eigenvalue weighted by molar-refractivity contribution is 0.296. The summed E-state index contributed by atoms with van der Waals surface area (Å²) in [7, 11) is -7.28. The Bertz CT molecular complexity index is 802. The van der Waals surface area contributed by atoms with Gasteiger partial charge >= 0.3 is 0 Å². The first kappa shape index (κ1) is 18.8. The van der Waals surface area contributed by atoms with E-state index >= 15 is 0 Å². The van der Waals surface area contributed by atoms with E-state index in [-0.39, 0.29) is 27.8 Å². The topological polar surface area (TPSA) is 118 Å². The van der Waals surface area contributed by atoms with Gasteiger partial charge in [-0.25, -0.2) is 26.3 Å². The average molecular weight is 388 g/mol. The van der Waals surface area contributed by atoms with Crippen molar-refractivity contribution in [1.29, 1.82) is 0 Å². The molecule has 2 atom stereocenters. The molecule has 9 heteroatoms. The molecule has 2 saturated carbocycles. The third kappa shape index (κ3) is 4.59. The first-order valence-electron chi connectivity index (χ1n) is 8.66. The van der Waals surface area contributed by atoms with Crippen LogP contribution in [0.5, 0.6) is 0 Å². The average Bonchev–Trinajstić information content (AvgIpc) is 3.38. The van der Waals surface area contributed by atoms with Crippen LogP contribution in [0.1, 0.15) is 38.5 Å². The molecule has 1 aromatic carbocycles. The lowest BCUT2D eigenvalue weighted by Crippen LogP contribution is -2.44. The molecule has 2 aliphatic carbocycles. The van der Waals surface area contributed by atoms with E-state index in [9.17, 15) is 16.8 Å². The predicted molar refractivity (Wildman–Crippen MR) is 94.9 cm³/mol. The number of nitrogens with two attached hydrogens (primary N) is 1. The minimum atomic E-state index is -3.70. The van der Waals surface area contributed by atoms with Crippen molar-refractivity contribution in [2.75, 3.05) is 6.54 Å². The molecule has 140 valence electrons. The van der Waals surface area contributed by atoms with E-state index < -0.39 is 20.0 Å². The van der Waals surface area contributed by atoms with Crippen LogP contribution in [-0.4, -0.2) is 35.5 Å². The highest BCUT2D eigenvalue weighted by atomic mass is 32.2. The lowest BCUT2D eigenvalue weighted by atomic mass is 9.85. The molecule has 7 nitrogen and oxygen atoms in total. The molecule has 0 heterocycles. The highest BCUT2D eigenvalue weighted by Gasteiger charge is 2.30. The van der Waals surface area contributed by atoms with Crippen molar-refractivity contribution in [2.45, 2.75) is 60.4 Å². The van der Waals surface area contributed by atoms with Crippen LogP contribution in [0, 0.1) is 5.92 Å². The van der Waals surface area contributed by atoms with Gasteiger partial charge in [0, 0.05) is 12.1 Å². The minimum absolute atomic E-state index is 0.00886. The van der Waals surface area contributed by atoms with Crippen LogP contribution in [0.2, 0.25) is 0 Å². The number of nitrogens with one attached hydrogen (secondary N) is 2. The van der Waals surface area contributed by atoms with Gasteiger partial charge in [-0.1, -0.05) is 12.8 Å². The summed E-state index contributed by atoms with van der Waals surface area (Å²) in [5.74, 6) is 0.144. The van der Waals surface area contributed by atoms with Crippen LogP contribution in [-0.2, 0) is 20.0 Å². The largest absolute Gasteiger partial charge is 0.330 e. The van der Waals surface area contributed by atoms with E-state index in [4.69, 9.17) is 5.73 Å². The molecule has 0 aromatic heterocycles. The lowest BCUT2D eigenvalue weighted by Gasteiger charge is -2.31. The number of sulfonamides is 2. The van der Waals surface area contributed by atoms with Gasteiger partial charge in [0.15, 0.2) is 0 Å². The smallest absolute Gasteiger partial charge is 0.240 e. The maximum atomic E-state index is 12.6. The van der Waals surface area contributed by atoms with Crippen LogP contribution in [0.25, 0.3) is 0 Å². The molecule has 4 N–H and O–H groups in total. The molecule has 2 aliphatic rings. The zero-order chi connectivity index (χ0) is 18.1. The van der Waals surface area contributed by atoms with Crippen LogP contribution in [0.3, 0.4) is 0 Å². The zero-order valence-corrected chi connectivity index (χ0v) is 15.7. The Hall–Kier alpha value is -1.00. The summed E-state index contributed by atoms with van der Waals surface area (Å²) in [6.07, 6.45) is 5.44. The molecule has 0 radical (unpaired) electrons. The second-order valence-corrected chi connectivity index (χ2v) is 10.3. The number of benzene rings is 1. The molecular formula is C16H25N3O4S2. The van der Waals surface area contributed by atoms with Gasteiger partial charge in [0.2, 0.25) is 20.0 Å². The van der Waals surface area contributed by atoms with Gasteiger partial charge in [0.1, 0.15) is 0 Å². The third-order valence-electron chi connectivity index (χ3n) is 4.86. The first-order valence-corrected chi connectivity index (χ1v) is 11.6. The van der Waals surface area contributed by atoms with Gasteiger partial charge < -0.3 is 5.73 Å². The van der Waals surface area contributed by atoms with E-state index in [0.717, 1.165) is 38.5 Å². The second-order valence-electron chi connectivity index (χ2n) is 6.87. The Morgan fingerprint density at radius 2 is 1.36 bits per heavy atom. The number of hydrogen-bond acceptors (Lipinski definition) is 5. The van der Waals surface area contributed by atoms with Crippen molar-refractivity contribution in [2.24, 2.45) is 11.7 Å². The van der Waals surface area contributed by atoms with Gasteiger partial charge in [-0.3, -0.25) is 0 Å². The number of hydrogen-bond donors (Lipinski definition) is 3. The Morgan fingerprint density at radius 1 is 0.840 bits per heavy atom. The van der Waals surface area contributed by atoms with Crippen LogP contribution in [0.4, 0.5) is 0 Å². The fourth-order valence-corrected chi connectivity index (χ4v) is 5.84. The minimum Gasteiger partial charge on any atom is -0.330 e. The maximum Gasteiger partial charge on any atom is 0.240 e. The Labute approximate surface area is 149 Å². The van der Waals surface area contributed by atoms with E-state index in [1.54, 1.807) is 0 Å². The standard InChI is InChI=1S/C16H25N3O4S2/c17-11-12-3-1-2-4-16(12)19-25(22,23)15-9-7-14(8-10-15)24(20,21)18-13-5-6-13/h7-10,12-13,16,18-19H,1-6,11,17H2. The van der Waals surface area contributed by atoms with Crippen LogP contribution >= 0.6 is 0 Å². The molecule has 0 saturated heterocycles. The van der Waals surface area contributed by atoms with Crippen molar-refractivity contribution in [3.8, 4) is 0 Å². The molecule has 0 amide bonds. The van der Waals surface area contributed by atoms with Gasteiger partial charge in [0.05, 0.1) is 9.79 Å². The summed E-state index contributed by atoms with van der Waals surface area (Å²) in [6.45, 7) is 0.456. The maximum absolute atomic E-state index is 12.6. The normalized spacial score (nSPS) is 25.0. The van der Waals surface area contributed by atoms with Crippen LogP contribution < -0.4 is 15.2 Å². The van der Waals surface area contributed by atoms with Crippen molar-refractivity contribution >= 4 is 20.0 Å². The first-order chi connectivity index (χ1) is 11.8.